The Kier molecular flexibility index (Phi) is 3.42. The van der Waals surface area contributed by atoms with Gasteiger partial charge in [0.1, 0.15) is 0 Å². The molecule has 17 heavy (non-hydrogen) atoms. The Bertz CT molecular complexity index is 263. The molecule has 1 saturated heterocycles. The predicted octanol–water partition coefficient (Wildman–Crippen LogP) is 1.53. The van der Waals surface area contributed by atoms with E-state index in [0.717, 1.165) is 37.6 Å². The quantitative estimate of drug-likeness (QED) is 0.762. The van der Waals surface area contributed by atoms with Crippen LogP contribution in [0.5, 0.6) is 0 Å². The van der Waals surface area contributed by atoms with Gasteiger partial charge in [-0.05, 0) is 50.5 Å². The van der Waals surface area contributed by atoms with Crippen molar-refractivity contribution in [1.82, 2.24) is 10.6 Å². The summed E-state index contributed by atoms with van der Waals surface area (Å²) in [5, 5.41) is 7.49. The fourth-order valence-corrected chi connectivity index (χ4v) is 4.29. The summed E-state index contributed by atoms with van der Waals surface area (Å²) in [7, 11) is 1.82. The van der Waals surface area contributed by atoms with Crippen LogP contribution in [0, 0.1) is 11.8 Å². The van der Waals surface area contributed by atoms with Crippen molar-refractivity contribution in [3.63, 3.8) is 0 Å². The molecule has 3 fully saturated rings. The van der Waals surface area contributed by atoms with Crippen LogP contribution in [-0.4, -0.2) is 38.4 Å². The zero-order valence-electron chi connectivity index (χ0n) is 11.0. The summed E-state index contributed by atoms with van der Waals surface area (Å²) in [6.07, 6.45) is 8.42. The summed E-state index contributed by atoms with van der Waals surface area (Å²) in [6.45, 7) is 3.09. The van der Waals surface area contributed by atoms with Crippen molar-refractivity contribution in [2.24, 2.45) is 11.8 Å². The summed E-state index contributed by atoms with van der Waals surface area (Å²) >= 11 is 0. The van der Waals surface area contributed by atoms with Crippen LogP contribution in [0.1, 0.15) is 38.5 Å². The topological polar surface area (TPSA) is 33.3 Å². The summed E-state index contributed by atoms with van der Waals surface area (Å²) in [5.41, 5.74) is 0.219. The van der Waals surface area contributed by atoms with E-state index >= 15 is 0 Å². The number of nitrogens with one attached hydrogen (secondary N) is 2. The van der Waals surface area contributed by atoms with Crippen LogP contribution >= 0.6 is 0 Å². The van der Waals surface area contributed by atoms with E-state index in [1.165, 1.54) is 38.5 Å². The van der Waals surface area contributed by atoms with Gasteiger partial charge in [-0.1, -0.05) is 6.42 Å². The van der Waals surface area contributed by atoms with Gasteiger partial charge in [0.15, 0.2) is 0 Å². The molecule has 4 unspecified atom stereocenters. The Hall–Kier alpha value is -0.120. The molecule has 2 aliphatic carbocycles. The Morgan fingerprint density at radius 2 is 2.29 bits per heavy atom. The molecule has 0 aromatic carbocycles. The maximum absolute atomic E-state index is 5.40. The fourth-order valence-electron chi connectivity index (χ4n) is 4.29. The monoisotopic (exact) mass is 238 g/mol. The Labute approximate surface area is 105 Å². The van der Waals surface area contributed by atoms with Crippen LogP contribution in [0.15, 0.2) is 0 Å². The molecule has 0 aromatic rings. The second kappa shape index (κ2) is 4.87. The summed E-state index contributed by atoms with van der Waals surface area (Å²) in [4.78, 5) is 0. The van der Waals surface area contributed by atoms with E-state index in [0.29, 0.717) is 0 Å². The van der Waals surface area contributed by atoms with E-state index in [1.807, 2.05) is 7.11 Å². The number of ether oxygens (including phenoxy) is 1. The molecular weight excluding hydrogens is 212 g/mol. The minimum Gasteiger partial charge on any atom is -0.383 e. The molecule has 0 aromatic heterocycles. The molecule has 3 aliphatic rings. The number of rotatable bonds is 5. The molecule has 0 spiro atoms. The Morgan fingerprint density at radius 3 is 2.88 bits per heavy atom. The third kappa shape index (κ3) is 2.38. The van der Waals surface area contributed by atoms with Gasteiger partial charge in [-0.2, -0.15) is 0 Å². The average molecular weight is 238 g/mol. The lowest BCUT2D eigenvalue weighted by molar-refractivity contribution is 0.115. The molecule has 1 heterocycles. The van der Waals surface area contributed by atoms with Crippen molar-refractivity contribution >= 4 is 0 Å². The minimum absolute atomic E-state index is 0.219. The normalized spacial score (nSPS) is 44.6. The second-order valence-electron chi connectivity index (χ2n) is 6.41. The van der Waals surface area contributed by atoms with Crippen molar-refractivity contribution < 1.29 is 4.74 Å². The summed E-state index contributed by atoms with van der Waals surface area (Å²) in [6, 6.07) is 0.796. The van der Waals surface area contributed by atoms with Crippen molar-refractivity contribution in [3.05, 3.63) is 0 Å². The van der Waals surface area contributed by atoms with Crippen molar-refractivity contribution in [1.29, 1.82) is 0 Å². The van der Waals surface area contributed by atoms with E-state index in [-0.39, 0.29) is 5.54 Å². The minimum atomic E-state index is 0.219. The number of hydrogen-bond acceptors (Lipinski definition) is 3. The molecule has 3 nitrogen and oxygen atoms in total. The second-order valence-corrected chi connectivity index (χ2v) is 6.41. The van der Waals surface area contributed by atoms with Gasteiger partial charge in [-0.15, -0.1) is 0 Å². The van der Waals surface area contributed by atoms with Crippen LogP contribution in [-0.2, 0) is 4.74 Å². The molecule has 98 valence electrons. The zero-order valence-corrected chi connectivity index (χ0v) is 11.0. The molecule has 0 radical (unpaired) electrons. The van der Waals surface area contributed by atoms with Gasteiger partial charge in [-0.25, -0.2) is 0 Å². The third-order valence-corrected chi connectivity index (χ3v) is 5.19. The van der Waals surface area contributed by atoms with Crippen molar-refractivity contribution in [2.45, 2.75) is 50.1 Å². The van der Waals surface area contributed by atoms with E-state index < -0.39 is 0 Å². The fraction of sp³-hybridized carbons (Fsp3) is 1.00. The third-order valence-electron chi connectivity index (χ3n) is 5.19. The molecular formula is C14H26N2O. The largest absolute Gasteiger partial charge is 0.383 e. The molecule has 1 aliphatic heterocycles. The lowest BCUT2D eigenvalue weighted by Crippen LogP contribution is -2.54. The Balaban J connectivity index is 1.52. The van der Waals surface area contributed by atoms with Gasteiger partial charge in [0.25, 0.3) is 0 Å². The van der Waals surface area contributed by atoms with Gasteiger partial charge in [-0.3, -0.25) is 0 Å². The number of methoxy groups -OCH3 is 1. The van der Waals surface area contributed by atoms with Gasteiger partial charge in [0.2, 0.25) is 0 Å². The SMILES string of the molecule is COCC1(CNC2CC3CCC2C3)CCCN1. The number of fused-ring (bicyclic) bond motifs is 2. The molecule has 2 saturated carbocycles. The lowest BCUT2D eigenvalue weighted by atomic mass is 9.93. The average Bonchev–Trinajstić information content (AvgIpc) is 3.03. The first-order valence-corrected chi connectivity index (χ1v) is 7.29. The maximum atomic E-state index is 5.40. The highest BCUT2D eigenvalue weighted by Gasteiger charge is 2.41. The van der Waals surface area contributed by atoms with Gasteiger partial charge in [0.05, 0.1) is 12.1 Å². The standard InChI is InChI=1S/C14H26N2O/c1-17-10-14(5-2-6-16-14)9-15-13-8-11-3-4-12(13)7-11/h11-13,15-16H,2-10H2,1H3. The molecule has 3 heteroatoms. The highest BCUT2D eigenvalue weighted by atomic mass is 16.5. The molecule has 2 bridgehead atoms. The van der Waals surface area contributed by atoms with Gasteiger partial charge in [0, 0.05) is 19.7 Å². The van der Waals surface area contributed by atoms with Crippen LogP contribution in [0.4, 0.5) is 0 Å². The summed E-state index contributed by atoms with van der Waals surface area (Å²) in [5.74, 6) is 2.01. The predicted molar refractivity (Wildman–Crippen MR) is 69.1 cm³/mol. The van der Waals surface area contributed by atoms with E-state index in [2.05, 4.69) is 10.6 Å². The van der Waals surface area contributed by atoms with Crippen molar-refractivity contribution in [2.75, 3.05) is 26.8 Å². The van der Waals surface area contributed by atoms with Crippen LogP contribution in [0.2, 0.25) is 0 Å². The van der Waals surface area contributed by atoms with Gasteiger partial charge < -0.3 is 15.4 Å². The molecule has 2 N–H and O–H groups in total. The van der Waals surface area contributed by atoms with Crippen molar-refractivity contribution in [3.8, 4) is 0 Å². The molecule has 4 atom stereocenters. The van der Waals surface area contributed by atoms with E-state index in [9.17, 15) is 0 Å². The first-order valence-electron chi connectivity index (χ1n) is 7.29. The number of hydrogen-bond donors (Lipinski definition) is 2. The highest BCUT2D eigenvalue weighted by Crippen LogP contribution is 2.44. The molecule has 0 amide bonds. The van der Waals surface area contributed by atoms with Crippen LogP contribution in [0.25, 0.3) is 0 Å². The van der Waals surface area contributed by atoms with Crippen LogP contribution < -0.4 is 10.6 Å². The van der Waals surface area contributed by atoms with Crippen LogP contribution in [0.3, 0.4) is 0 Å². The highest BCUT2D eigenvalue weighted by molar-refractivity contribution is 4.99. The first kappa shape index (κ1) is 11.9. The maximum Gasteiger partial charge on any atom is 0.0656 e. The summed E-state index contributed by atoms with van der Waals surface area (Å²) < 4.78 is 5.40. The Morgan fingerprint density at radius 1 is 1.35 bits per heavy atom. The lowest BCUT2D eigenvalue weighted by Gasteiger charge is -2.32. The van der Waals surface area contributed by atoms with Gasteiger partial charge >= 0.3 is 0 Å². The first-order chi connectivity index (χ1) is 8.31. The smallest absolute Gasteiger partial charge is 0.0656 e. The molecule has 3 rings (SSSR count). The zero-order chi connectivity index (χ0) is 11.7. The van der Waals surface area contributed by atoms with E-state index in [4.69, 9.17) is 4.74 Å². The van der Waals surface area contributed by atoms with E-state index in [1.54, 1.807) is 0 Å².